The second-order valence-corrected chi connectivity index (χ2v) is 14.2. The van der Waals surface area contributed by atoms with Crippen molar-refractivity contribution in [3.8, 4) is 0 Å². The molecule has 0 spiro atoms. The Balaban J connectivity index is 2.32. The van der Waals surface area contributed by atoms with E-state index >= 15 is 0 Å². The fourth-order valence-electron chi connectivity index (χ4n) is 6.77. The molecule has 1 rings (SSSR count). The molecule has 1 nitrogen and oxygen atoms in total. The Bertz CT molecular complexity index is 639. The van der Waals surface area contributed by atoms with Crippen LogP contribution in [0.3, 0.4) is 0 Å². The summed E-state index contributed by atoms with van der Waals surface area (Å²) in [6.07, 6.45) is 51.8. The monoisotopic (exact) mass is 599 g/mol. The molecule has 0 atom stereocenters. The van der Waals surface area contributed by atoms with Crippen LogP contribution in [-0.2, 0) is 19.4 Å². The molecule has 0 radical (unpaired) electrons. The van der Waals surface area contributed by atoms with Crippen LogP contribution < -0.4 is 4.57 Å². The van der Waals surface area contributed by atoms with Gasteiger partial charge in [0.15, 0.2) is 12.4 Å². The Morgan fingerprint density at radius 1 is 0.326 bits per heavy atom. The van der Waals surface area contributed by atoms with Crippen LogP contribution in [0.2, 0.25) is 0 Å². The molecule has 0 saturated heterocycles. The van der Waals surface area contributed by atoms with E-state index in [2.05, 4.69) is 43.8 Å². The molecule has 0 aliphatic carbocycles. The molecule has 0 aliphatic rings. The summed E-state index contributed by atoms with van der Waals surface area (Å²) in [7, 11) is 0. The molecule has 252 valence electrons. The molecule has 1 aromatic heterocycles. The number of rotatable bonds is 34. The zero-order chi connectivity index (χ0) is 30.9. The predicted molar refractivity (Wildman–Crippen MR) is 194 cm³/mol. The van der Waals surface area contributed by atoms with E-state index in [0.29, 0.717) is 0 Å². The largest absolute Gasteiger partial charge is 0.205 e. The van der Waals surface area contributed by atoms with Crippen LogP contribution in [0.15, 0.2) is 18.5 Å². The smallest absolute Gasteiger partial charge is 0.171 e. The second-order valence-electron chi connectivity index (χ2n) is 14.2. The van der Waals surface area contributed by atoms with E-state index in [1.165, 1.54) is 218 Å². The first-order valence-electron chi connectivity index (χ1n) is 20.3. The molecule has 0 N–H and O–H groups in total. The van der Waals surface area contributed by atoms with Gasteiger partial charge in [-0.2, -0.15) is 0 Å². The maximum absolute atomic E-state index is 2.57. The third-order valence-electron chi connectivity index (χ3n) is 9.69. The van der Waals surface area contributed by atoms with Gasteiger partial charge in [-0.1, -0.05) is 194 Å². The minimum atomic E-state index is 1.22. The first-order chi connectivity index (χ1) is 21.3. The highest BCUT2D eigenvalue weighted by Gasteiger charge is 2.09. The number of unbranched alkanes of at least 4 members (excludes halogenated alkanes) is 28. The molecular weight excluding hydrogens is 518 g/mol. The van der Waals surface area contributed by atoms with Crippen molar-refractivity contribution in [2.24, 2.45) is 0 Å². The molecule has 43 heavy (non-hydrogen) atoms. The minimum Gasteiger partial charge on any atom is -0.205 e. The standard InChI is InChI=1S/C42H80N/c1-4-7-10-13-16-19-20-21-22-25-28-31-34-37-43-39-41(35-32-29-26-23-17-14-11-8-5-2)38-42(40-43)36-33-30-27-24-18-15-12-9-6-3/h38-40H,4-37H2,1-3H3/q+1. The molecule has 1 heteroatoms. The average molecular weight is 599 g/mol. The summed E-state index contributed by atoms with van der Waals surface area (Å²) in [5.74, 6) is 0. The summed E-state index contributed by atoms with van der Waals surface area (Å²) >= 11 is 0. The number of pyridine rings is 1. The van der Waals surface area contributed by atoms with Gasteiger partial charge in [0.05, 0.1) is 0 Å². The zero-order valence-corrected chi connectivity index (χ0v) is 30.2. The van der Waals surface area contributed by atoms with Crippen LogP contribution in [0, 0.1) is 0 Å². The molecule has 0 aliphatic heterocycles. The van der Waals surface area contributed by atoms with Crippen molar-refractivity contribution in [3.05, 3.63) is 29.6 Å². The molecule has 0 saturated carbocycles. The van der Waals surface area contributed by atoms with Crippen LogP contribution >= 0.6 is 0 Å². The van der Waals surface area contributed by atoms with Gasteiger partial charge in [-0.3, -0.25) is 0 Å². The van der Waals surface area contributed by atoms with E-state index < -0.39 is 0 Å². The lowest BCUT2D eigenvalue weighted by atomic mass is 10.0. The lowest BCUT2D eigenvalue weighted by Gasteiger charge is -2.07. The van der Waals surface area contributed by atoms with Crippen molar-refractivity contribution < 1.29 is 4.57 Å². The van der Waals surface area contributed by atoms with Crippen molar-refractivity contribution in [1.29, 1.82) is 0 Å². The Morgan fingerprint density at radius 2 is 0.581 bits per heavy atom. The van der Waals surface area contributed by atoms with Crippen molar-refractivity contribution >= 4 is 0 Å². The Morgan fingerprint density at radius 3 is 0.884 bits per heavy atom. The predicted octanol–water partition coefficient (Wildman–Crippen LogP) is 14.2. The van der Waals surface area contributed by atoms with Gasteiger partial charge in [0.25, 0.3) is 0 Å². The molecule has 1 heterocycles. The number of nitrogens with zero attached hydrogens (tertiary/aromatic N) is 1. The first-order valence-corrected chi connectivity index (χ1v) is 20.3. The maximum Gasteiger partial charge on any atom is 0.171 e. The van der Waals surface area contributed by atoms with Crippen molar-refractivity contribution in [3.63, 3.8) is 0 Å². The Hall–Kier alpha value is -0.850. The number of aromatic nitrogens is 1. The highest BCUT2D eigenvalue weighted by Crippen LogP contribution is 2.16. The lowest BCUT2D eigenvalue weighted by Crippen LogP contribution is -2.34. The van der Waals surface area contributed by atoms with Gasteiger partial charge in [-0.15, -0.1) is 0 Å². The summed E-state index contributed by atoms with van der Waals surface area (Å²) < 4.78 is 2.57. The van der Waals surface area contributed by atoms with Gasteiger partial charge in [0.1, 0.15) is 6.54 Å². The number of aryl methyl sites for hydroxylation is 3. The summed E-state index contributed by atoms with van der Waals surface area (Å²) in [5, 5.41) is 0. The Kier molecular flexibility index (Phi) is 30.4. The topological polar surface area (TPSA) is 3.88 Å². The van der Waals surface area contributed by atoms with Gasteiger partial charge in [0, 0.05) is 17.5 Å². The number of hydrogen-bond donors (Lipinski definition) is 0. The summed E-state index contributed by atoms with van der Waals surface area (Å²) in [6.45, 7) is 8.16. The summed E-state index contributed by atoms with van der Waals surface area (Å²) in [5.41, 5.74) is 3.21. The van der Waals surface area contributed by atoms with Crippen molar-refractivity contribution in [1.82, 2.24) is 0 Å². The first kappa shape index (κ1) is 40.2. The van der Waals surface area contributed by atoms with Crippen LogP contribution in [0.4, 0.5) is 0 Å². The lowest BCUT2D eigenvalue weighted by molar-refractivity contribution is -0.698. The third-order valence-corrected chi connectivity index (χ3v) is 9.69. The fourth-order valence-corrected chi connectivity index (χ4v) is 6.77. The summed E-state index contributed by atoms with van der Waals surface area (Å²) in [6, 6.07) is 2.57. The van der Waals surface area contributed by atoms with Gasteiger partial charge in [-0.05, 0) is 38.2 Å². The average Bonchev–Trinajstić information content (AvgIpc) is 3.01. The third kappa shape index (κ3) is 27.2. The zero-order valence-electron chi connectivity index (χ0n) is 30.2. The molecule has 0 aromatic carbocycles. The van der Waals surface area contributed by atoms with Crippen LogP contribution in [0.5, 0.6) is 0 Å². The molecule has 0 fully saturated rings. The van der Waals surface area contributed by atoms with Gasteiger partial charge >= 0.3 is 0 Å². The van der Waals surface area contributed by atoms with Crippen LogP contribution in [0.1, 0.15) is 231 Å². The van der Waals surface area contributed by atoms with Crippen LogP contribution in [-0.4, -0.2) is 0 Å². The van der Waals surface area contributed by atoms with E-state index in [1.807, 2.05) is 0 Å². The highest BCUT2D eigenvalue weighted by atomic mass is 14.9. The molecule has 0 amide bonds. The second kappa shape index (κ2) is 32.5. The summed E-state index contributed by atoms with van der Waals surface area (Å²) in [4.78, 5) is 0. The van der Waals surface area contributed by atoms with E-state index in [-0.39, 0.29) is 0 Å². The van der Waals surface area contributed by atoms with E-state index in [0.717, 1.165) is 0 Å². The highest BCUT2D eigenvalue weighted by molar-refractivity contribution is 5.15. The van der Waals surface area contributed by atoms with Crippen molar-refractivity contribution in [2.75, 3.05) is 0 Å². The minimum absolute atomic E-state index is 1.22. The molecular formula is C42H80N+. The van der Waals surface area contributed by atoms with Gasteiger partial charge < -0.3 is 0 Å². The molecule has 0 bridgehead atoms. The quantitative estimate of drug-likeness (QED) is 0.0549. The molecule has 0 unspecified atom stereocenters. The number of hydrogen-bond acceptors (Lipinski definition) is 0. The van der Waals surface area contributed by atoms with E-state index in [4.69, 9.17) is 0 Å². The fraction of sp³-hybridized carbons (Fsp3) is 0.881. The maximum atomic E-state index is 2.57. The SMILES string of the molecule is CCCCCCCCCCCCCCC[n+]1cc(CCCCCCCCCCC)cc(CCCCCCCCCCC)c1. The molecule has 1 aromatic rings. The van der Waals surface area contributed by atoms with E-state index in [1.54, 1.807) is 11.1 Å². The van der Waals surface area contributed by atoms with Gasteiger partial charge in [-0.25, -0.2) is 4.57 Å². The van der Waals surface area contributed by atoms with Crippen LogP contribution in [0.25, 0.3) is 0 Å². The normalized spacial score (nSPS) is 11.5. The Labute approximate surface area is 272 Å². The van der Waals surface area contributed by atoms with E-state index in [9.17, 15) is 0 Å². The van der Waals surface area contributed by atoms with Crippen molar-refractivity contribution in [2.45, 2.75) is 239 Å². The van der Waals surface area contributed by atoms with Gasteiger partial charge in [0.2, 0.25) is 0 Å².